The second kappa shape index (κ2) is 12.5. The molecule has 9 nitrogen and oxygen atoms in total. The van der Waals surface area contributed by atoms with E-state index in [1.54, 1.807) is 4.90 Å². The minimum absolute atomic E-state index is 0.0627. The van der Waals surface area contributed by atoms with E-state index in [4.69, 9.17) is 26.8 Å². The van der Waals surface area contributed by atoms with Gasteiger partial charge in [-0.05, 0) is 73.2 Å². The lowest BCUT2D eigenvalue weighted by molar-refractivity contribution is -0.136. The number of nitrogens with one attached hydrogen (secondary N) is 1. The smallest absolute Gasteiger partial charge is 0.333 e. The molecule has 208 valence electrons. The number of aryl methyl sites for hydroxylation is 2. The van der Waals surface area contributed by atoms with E-state index in [2.05, 4.69) is 5.32 Å². The summed E-state index contributed by atoms with van der Waals surface area (Å²) in [5.74, 6) is -0.271. The lowest BCUT2D eigenvalue weighted by Gasteiger charge is -2.43. The number of carbonyl (C=O) groups excluding carboxylic acids is 2. The summed E-state index contributed by atoms with van der Waals surface area (Å²) in [7, 11) is 0. The molecule has 2 amide bonds. The van der Waals surface area contributed by atoms with E-state index in [0.717, 1.165) is 22.3 Å². The van der Waals surface area contributed by atoms with Gasteiger partial charge in [0.2, 0.25) is 11.8 Å². The number of fused-ring (bicyclic) bond motifs is 2. The average Bonchev–Trinajstić information content (AvgIpc) is 2.88. The monoisotopic (exact) mass is 555 g/mol. The topological polar surface area (TPSA) is 131 Å². The minimum atomic E-state index is -1.01. The molecule has 2 aromatic rings. The maximum atomic E-state index is 12.7. The molecule has 4 rings (SSSR count). The van der Waals surface area contributed by atoms with Gasteiger partial charge in [-0.25, -0.2) is 4.79 Å². The van der Waals surface area contributed by atoms with E-state index in [-0.39, 0.29) is 36.9 Å². The zero-order valence-corrected chi connectivity index (χ0v) is 22.9. The molecule has 0 aromatic heterocycles. The number of aliphatic carboxylic acids is 1. The van der Waals surface area contributed by atoms with Crippen LogP contribution in [0.1, 0.15) is 42.4 Å². The van der Waals surface area contributed by atoms with Crippen molar-refractivity contribution in [2.75, 3.05) is 26.3 Å². The minimum Gasteiger partial charge on any atom is -0.490 e. The van der Waals surface area contributed by atoms with Crippen LogP contribution in [0.3, 0.4) is 0 Å². The Labute approximate surface area is 232 Å². The second-order valence-electron chi connectivity index (χ2n) is 10.0. The highest BCUT2D eigenvalue weighted by Gasteiger charge is 2.39. The lowest BCUT2D eigenvalue weighted by Crippen LogP contribution is -2.61. The molecule has 0 aliphatic carbocycles. The van der Waals surface area contributed by atoms with Crippen molar-refractivity contribution in [2.24, 2.45) is 5.73 Å². The predicted molar refractivity (Wildman–Crippen MR) is 148 cm³/mol. The van der Waals surface area contributed by atoms with Gasteiger partial charge in [-0.15, -0.1) is 0 Å². The third-order valence-electron chi connectivity index (χ3n) is 7.16. The van der Waals surface area contributed by atoms with Crippen molar-refractivity contribution in [3.05, 3.63) is 63.7 Å². The first-order valence-corrected chi connectivity index (χ1v) is 13.4. The van der Waals surface area contributed by atoms with Gasteiger partial charge in [-0.3, -0.25) is 9.59 Å². The van der Waals surface area contributed by atoms with Crippen molar-refractivity contribution >= 4 is 35.0 Å². The van der Waals surface area contributed by atoms with E-state index >= 15 is 0 Å². The summed E-state index contributed by atoms with van der Waals surface area (Å²) in [4.78, 5) is 37.6. The molecular weight excluding hydrogens is 522 g/mol. The van der Waals surface area contributed by atoms with Crippen LogP contribution < -0.4 is 20.5 Å². The highest BCUT2D eigenvalue weighted by molar-refractivity contribution is 6.32. The maximum absolute atomic E-state index is 12.7. The number of rotatable bonds is 11. The Morgan fingerprint density at radius 1 is 1.05 bits per heavy atom. The van der Waals surface area contributed by atoms with Crippen LogP contribution in [0, 0.1) is 13.8 Å². The Kier molecular flexibility index (Phi) is 9.14. The zero-order valence-electron chi connectivity index (χ0n) is 22.2. The number of nitrogens with zero attached hydrogens (tertiary/aromatic N) is 1. The fourth-order valence-corrected chi connectivity index (χ4v) is 5.34. The largest absolute Gasteiger partial charge is 0.490 e. The lowest BCUT2D eigenvalue weighted by atomic mass is 9.83. The first kappa shape index (κ1) is 28.4. The molecule has 2 heterocycles. The van der Waals surface area contributed by atoms with Gasteiger partial charge in [0.15, 0.2) is 0 Å². The van der Waals surface area contributed by atoms with Gasteiger partial charge >= 0.3 is 5.97 Å². The molecule has 2 bridgehead atoms. The number of nitrogens with two attached hydrogens (primary N) is 1. The number of hydrogen-bond donors (Lipinski definition) is 3. The predicted octanol–water partition coefficient (Wildman–Crippen LogP) is 3.48. The Balaban J connectivity index is 1.38. The quantitative estimate of drug-likeness (QED) is 0.362. The molecule has 0 saturated carbocycles. The number of benzene rings is 2. The van der Waals surface area contributed by atoms with Crippen LogP contribution in [-0.2, 0) is 14.4 Å². The molecule has 2 aliphatic heterocycles. The Morgan fingerprint density at radius 2 is 1.74 bits per heavy atom. The SMILES string of the molecule is Cc1cc(Cl)c(OCCOc2ccc(C3=C(C(=O)O)[C@H]4CN(C(=O)CCCC(N)=O)CC(C3)N4)cc2)cc1C. The van der Waals surface area contributed by atoms with Crippen LogP contribution in [-0.4, -0.2) is 66.2 Å². The van der Waals surface area contributed by atoms with E-state index in [1.807, 2.05) is 50.2 Å². The van der Waals surface area contributed by atoms with Crippen molar-refractivity contribution in [2.45, 2.75) is 51.6 Å². The van der Waals surface area contributed by atoms with Crippen LogP contribution in [0.5, 0.6) is 11.5 Å². The number of primary amides is 1. The number of carboxylic acid groups (broad SMARTS) is 1. The summed E-state index contributed by atoms with van der Waals surface area (Å²) in [5, 5.41) is 14.0. The number of carbonyl (C=O) groups is 3. The molecule has 2 atom stereocenters. The number of amides is 2. The fourth-order valence-electron chi connectivity index (χ4n) is 5.07. The van der Waals surface area contributed by atoms with Crippen LogP contribution in [0.25, 0.3) is 5.57 Å². The number of ether oxygens (including phenoxy) is 2. The van der Waals surface area contributed by atoms with Crippen LogP contribution in [0.15, 0.2) is 42.0 Å². The number of hydrogen-bond acceptors (Lipinski definition) is 6. The second-order valence-corrected chi connectivity index (χ2v) is 10.4. The molecular formula is C29H34ClN3O6. The van der Waals surface area contributed by atoms with Gasteiger partial charge in [0.05, 0.1) is 16.6 Å². The fraction of sp³-hybridized carbons (Fsp3) is 0.414. The summed E-state index contributed by atoms with van der Waals surface area (Å²) < 4.78 is 11.6. The number of carboxylic acids is 1. The number of piperazine rings is 1. The molecule has 1 fully saturated rings. The van der Waals surface area contributed by atoms with E-state index in [9.17, 15) is 19.5 Å². The van der Waals surface area contributed by atoms with Crippen LogP contribution >= 0.6 is 11.6 Å². The van der Waals surface area contributed by atoms with Gasteiger partial charge in [0, 0.05) is 32.0 Å². The van der Waals surface area contributed by atoms with E-state index in [0.29, 0.717) is 49.1 Å². The van der Waals surface area contributed by atoms with Crippen molar-refractivity contribution in [3.8, 4) is 11.5 Å². The van der Waals surface area contributed by atoms with Gasteiger partial charge in [0.1, 0.15) is 24.7 Å². The van der Waals surface area contributed by atoms with Crippen molar-refractivity contribution in [1.29, 1.82) is 0 Å². The van der Waals surface area contributed by atoms with Crippen molar-refractivity contribution < 1.29 is 29.0 Å². The maximum Gasteiger partial charge on any atom is 0.333 e. The molecule has 2 aromatic carbocycles. The first-order valence-electron chi connectivity index (χ1n) is 13.0. The standard InChI is InChI=1S/C29H34ClN3O6/c1-17-12-23(30)25(13-18(17)2)39-11-10-38-21-8-6-19(7-9-21)22-14-20-15-33(27(35)5-3-4-26(31)34)16-24(32-20)28(22)29(36)37/h6-9,12-13,20,24,32H,3-5,10-11,14-16H2,1-2H3,(H2,31,34)(H,36,37)/t20?,24-/m1/s1. The van der Waals surface area contributed by atoms with Gasteiger partial charge in [-0.1, -0.05) is 23.7 Å². The van der Waals surface area contributed by atoms with Gasteiger partial charge in [0.25, 0.3) is 0 Å². The zero-order chi connectivity index (χ0) is 28.1. The summed E-state index contributed by atoms with van der Waals surface area (Å²) in [6.07, 6.45) is 1.24. The van der Waals surface area contributed by atoms with E-state index in [1.165, 1.54) is 0 Å². The normalized spacial score (nSPS) is 18.6. The average molecular weight is 556 g/mol. The Bertz CT molecular complexity index is 1280. The summed E-state index contributed by atoms with van der Waals surface area (Å²) in [5.41, 5.74) is 9.21. The molecule has 1 unspecified atom stereocenters. The molecule has 4 N–H and O–H groups in total. The third kappa shape index (κ3) is 7.10. The molecule has 0 spiro atoms. The first-order chi connectivity index (χ1) is 18.6. The Morgan fingerprint density at radius 3 is 2.44 bits per heavy atom. The third-order valence-corrected chi connectivity index (χ3v) is 7.46. The summed E-state index contributed by atoms with van der Waals surface area (Å²) in [6, 6.07) is 10.6. The van der Waals surface area contributed by atoms with Gasteiger partial charge in [-0.2, -0.15) is 0 Å². The van der Waals surface area contributed by atoms with E-state index < -0.39 is 17.9 Å². The molecule has 1 saturated heterocycles. The molecule has 0 radical (unpaired) electrons. The number of halogens is 1. The van der Waals surface area contributed by atoms with Crippen LogP contribution in [0.2, 0.25) is 5.02 Å². The van der Waals surface area contributed by atoms with Crippen LogP contribution in [0.4, 0.5) is 0 Å². The highest BCUT2D eigenvalue weighted by Crippen LogP contribution is 2.34. The van der Waals surface area contributed by atoms with Gasteiger partial charge < -0.3 is 30.5 Å². The molecule has 39 heavy (non-hydrogen) atoms. The highest BCUT2D eigenvalue weighted by atomic mass is 35.5. The summed E-state index contributed by atoms with van der Waals surface area (Å²) in [6.45, 7) is 5.39. The Hall–Kier alpha value is -3.56. The van der Waals surface area contributed by atoms with Crippen molar-refractivity contribution in [1.82, 2.24) is 10.2 Å². The van der Waals surface area contributed by atoms with Crippen molar-refractivity contribution in [3.63, 3.8) is 0 Å². The molecule has 10 heteroatoms. The molecule has 2 aliphatic rings. The summed E-state index contributed by atoms with van der Waals surface area (Å²) >= 11 is 6.26.